The molecule has 2 saturated heterocycles. The van der Waals surface area contributed by atoms with Crippen LogP contribution < -0.4 is 0 Å². The first-order valence-corrected chi connectivity index (χ1v) is 8.77. The zero-order valence-electron chi connectivity index (χ0n) is 14.6. The number of pyridine rings is 1. The van der Waals surface area contributed by atoms with Crippen LogP contribution in [0.1, 0.15) is 30.6 Å². The Morgan fingerprint density at radius 2 is 2.12 bits per heavy atom. The van der Waals surface area contributed by atoms with E-state index < -0.39 is 5.79 Å². The summed E-state index contributed by atoms with van der Waals surface area (Å²) >= 11 is 0. The van der Waals surface area contributed by atoms with Gasteiger partial charge in [-0.05, 0) is 24.5 Å². The van der Waals surface area contributed by atoms with Crippen molar-refractivity contribution in [3.8, 4) is 0 Å². The first-order valence-electron chi connectivity index (χ1n) is 8.77. The number of amides is 1. The van der Waals surface area contributed by atoms with E-state index in [4.69, 9.17) is 9.47 Å². The second-order valence-corrected chi connectivity index (χ2v) is 7.06. The quantitative estimate of drug-likeness (QED) is 0.841. The molecule has 24 heavy (non-hydrogen) atoms. The Kier molecular flexibility index (Phi) is 5.48. The molecular formula is C18H27N3O3. The van der Waals surface area contributed by atoms with Crippen molar-refractivity contribution in [1.82, 2.24) is 14.8 Å². The molecule has 3 heterocycles. The molecule has 2 aliphatic heterocycles. The number of nitrogens with zero attached hydrogens (tertiary/aromatic N) is 3. The van der Waals surface area contributed by atoms with E-state index in [1.807, 2.05) is 4.90 Å². The van der Waals surface area contributed by atoms with E-state index in [0.29, 0.717) is 44.3 Å². The Labute approximate surface area is 143 Å². The highest BCUT2D eigenvalue weighted by molar-refractivity contribution is 5.94. The highest BCUT2D eigenvalue weighted by Gasteiger charge is 2.42. The third-order valence-electron chi connectivity index (χ3n) is 4.43. The van der Waals surface area contributed by atoms with Crippen molar-refractivity contribution >= 4 is 5.91 Å². The normalized spacial score (nSPS) is 25.9. The Bertz CT molecular complexity index is 552. The van der Waals surface area contributed by atoms with Gasteiger partial charge in [-0.2, -0.15) is 0 Å². The minimum Gasteiger partial charge on any atom is -0.347 e. The number of rotatable bonds is 3. The summed E-state index contributed by atoms with van der Waals surface area (Å²) in [6.07, 6.45) is 4.29. The van der Waals surface area contributed by atoms with E-state index in [1.54, 1.807) is 24.5 Å². The Balaban J connectivity index is 1.72. The molecule has 0 aromatic carbocycles. The van der Waals surface area contributed by atoms with Crippen molar-refractivity contribution in [2.45, 2.75) is 26.1 Å². The van der Waals surface area contributed by atoms with Gasteiger partial charge >= 0.3 is 0 Å². The van der Waals surface area contributed by atoms with Gasteiger partial charge in [-0.3, -0.25) is 14.7 Å². The maximum absolute atomic E-state index is 12.7. The zero-order chi connectivity index (χ0) is 17.0. The van der Waals surface area contributed by atoms with Crippen LogP contribution in [0.4, 0.5) is 0 Å². The largest absolute Gasteiger partial charge is 0.347 e. The van der Waals surface area contributed by atoms with Gasteiger partial charge < -0.3 is 14.4 Å². The third kappa shape index (κ3) is 4.12. The maximum atomic E-state index is 12.7. The van der Waals surface area contributed by atoms with E-state index in [-0.39, 0.29) is 5.91 Å². The molecule has 1 amide bonds. The molecule has 1 aromatic heterocycles. The number of ether oxygens (including phenoxy) is 2. The highest BCUT2D eigenvalue weighted by atomic mass is 16.7. The van der Waals surface area contributed by atoms with E-state index in [0.717, 1.165) is 19.5 Å². The lowest BCUT2D eigenvalue weighted by Gasteiger charge is -2.43. The average Bonchev–Trinajstić information content (AvgIpc) is 2.76. The van der Waals surface area contributed by atoms with Gasteiger partial charge in [-0.15, -0.1) is 0 Å². The summed E-state index contributed by atoms with van der Waals surface area (Å²) < 4.78 is 12.1. The van der Waals surface area contributed by atoms with Gasteiger partial charge in [0.1, 0.15) is 0 Å². The summed E-state index contributed by atoms with van der Waals surface area (Å²) in [7, 11) is 0. The van der Waals surface area contributed by atoms with Gasteiger partial charge in [-0.1, -0.05) is 13.8 Å². The smallest absolute Gasteiger partial charge is 0.255 e. The molecule has 2 aliphatic rings. The number of hydrogen-bond acceptors (Lipinski definition) is 5. The number of hydrogen-bond donors (Lipinski definition) is 0. The fourth-order valence-electron chi connectivity index (χ4n) is 3.47. The Hall–Kier alpha value is -1.50. The molecule has 6 nitrogen and oxygen atoms in total. The average molecular weight is 333 g/mol. The first-order chi connectivity index (χ1) is 11.6. The maximum Gasteiger partial charge on any atom is 0.255 e. The van der Waals surface area contributed by atoms with Gasteiger partial charge in [0.2, 0.25) is 0 Å². The lowest BCUT2D eigenvalue weighted by molar-refractivity contribution is -0.261. The van der Waals surface area contributed by atoms with Crippen molar-refractivity contribution < 1.29 is 14.3 Å². The number of aromatic nitrogens is 1. The van der Waals surface area contributed by atoms with Crippen molar-refractivity contribution in [3.63, 3.8) is 0 Å². The molecule has 1 aromatic rings. The van der Waals surface area contributed by atoms with Crippen molar-refractivity contribution in [2.24, 2.45) is 5.92 Å². The van der Waals surface area contributed by atoms with Crippen LogP contribution in [-0.2, 0) is 9.47 Å². The Morgan fingerprint density at radius 3 is 2.88 bits per heavy atom. The van der Waals surface area contributed by atoms with Crippen LogP contribution >= 0.6 is 0 Å². The predicted octanol–water partition coefficient (Wildman–Crippen LogP) is 1.63. The van der Waals surface area contributed by atoms with Crippen molar-refractivity contribution in [2.75, 3.05) is 45.9 Å². The fraction of sp³-hybridized carbons (Fsp3) is 0.667. The third-order valence-corrected chi connectivity index (χ3v) is 4.43. The predicted molar refractivity (Wildman–Crippen MR) is 90.7 cm³/mol. The van der Waals surface area contributed by atoms with Gasteiger partial charge in [0, 0.05) is 32.0 Å². The minimum atomic E-state index is -0.707. The molecule has 6 heteroatoms. The van der Waals surface area contributed by atoms with E-state index in [1.165, 1.54) is 0 Å². The monoisotopic (exact) mass is 333 g/mol. The van der Waals surface area contributed by atoms with Gasteiger partial charge in [0.05, 0.1) is 31.9 Å². The standard InChI is InChI=1S/C18H27N3O3/c1-15(2)12-20-7-4-9-23-18(13-20)14-21(8-10-24-18)17(22)16-5-3-6-19-11-16/h3,5-6,11,15H,4,7-10,12-14H2,1-2H3. The molecule has 0 aliphatic carbocycles. The molecule has 3 rings (SSSR count). The van der Waals surface area contributed by atoms with Crippen LogP contribution in [0, 0.1) is 5.92 Å². The molecule has 0 bridgehead atoms. The summed E-state index contributed by atoms with van der Waals surface area (Å²) in [4.78, 5) is 21.0. The summed E-state index contributed by atoms with van der Waals surface area (Å²) in [6.45, 7) is 9.41. The molecule has 132 valence electrons. The topological polar surface area (TPSA) is 54.9 Å². The molecule has 0 N–H and O–H groups in total. The lowest BCUT2D eigenvalue weighted by atomic mass is 10.1. The summed E-state index contributed by atoms with van der Waals surface area (Å²) in [6, 6.07) is 3.59. The number of carbonyl (C=O) groups is 1. The van der Waals surface area contributed by atoms with Crippen molar-refractivity contribution in [1.29, 1.82) is 0 Å². The van der Waals surface area contributed by atoms with Crippen LogP contribution in [0.15, 0.2) is 24.5 Å². The fourth-order valence-corrected chi connectivity index (χ4v) is 3.47. The molecule has 1 spiro atoms. The SMILES string of the molecule is CC(C)CN1CCCOC2(C1)CN(C(=O)c1cccnc1)CCO2. The van der Waals surface area contributed by atoms with Crippen molar-refractivity contribution in [3.05, 3.63) is 30.1 Å². The second kappa shape index (κ2) is 7.59. The van der Waals surface area contributed by atoms with Crippen LogP contribution in [0.2, 0.25) is 0 Å². The van der Waals surface area contributed by atoms with E-state index >= 15 is 0 Å². The lowest BCUT2D eigenvalue weighted by Crippen LogP contribution is -2.59. The number of carbonyl (C=O) groups excluding carboxylic acids is 1. The molecule has 0 radical (unpaired) electrons. The molecule has 1 atom stereocenters. The van der Waals surface area contributed by atoms with Gasteiger partial charge in [0.15, 0.2) is 5.79 Å². The van der Waals surface area contributed by atoms with E-state index in [2.05, 4.69) is 23.7 Å². The molecular weight excluding hydrogens is 306 g/mol. The van der Waals surface area contributed by atoms with Crippen LogP contribution in [0.25, 0.3) is 0 Å². The second-order valence-electron chi connectivity index (χ2n) is 7.06. The molecule has 0 saturated carbocycles. The zero-order valence-corrected chi connectivity index (χ0v) is 14.6. The molecule has 1 unspecified atom stereocenters. The first kappa shape index (κ1) is 17.3. The molecule has 2 fully saturated rings. The summed E-state index contributed by atoms with van der Waals surface area (Å²) in [5.41, 5.74) is 0.613. The minimum absolute atomic E-state index is 0.00553. The highest BCUT2D eigenvalue weighted by Crippen LogP contribution is 2.25. The Morgan fingerprint density at radius 1 is 1.29 bits per heavy atom. The number of morpholine rings is 1. The summed E-state index contributed by atoms with van der Waals surface area (Å²) in [5, 5.41) is 0. The summed E-state index contributed by atoms with van der Waals surface area (Å²) in [5.74, 6) is -0.118. The van der Waals surface area contributed by atoms with Crippen LogP contribution in [-0.4, -0.2) is 72.4 Å². The van der Waals surface area contributed by atoms with Crippen LogP contribution in [0.3, 0.4) is 0 Å². The van der Waals surface area contributed by atoms with Crippen LogP contribution in [0.5, 0.6) is 0 Å². The van der Waals surface area contributed by atoms with Gasteiger partial charge in [0.25, 0.3) is 5.91 Å². The van der Waals surface area contributed by atoms with E-state index in [9.17, 15) is 4.79 Å². The van der Waals surface area contributed by atoms with Gasteiger partial charge in [-0.25, -0.2) is 0 Å².